The Morgan fingerprint density at radius 1 is 1.35 bits per heavy atom. The maximum Gasteiger partial charge on any atom is 0.214 e. The van der Waals surface area contributed by atoms with Crippen molar-refractivity contribution in [2.75, 3.05) is 18.9 Å². The van der Waals surface area contributed by atoms with E-state index in [1.165, 1.54) is 18.2 Å². The lowest BCUT2D eigenvalue weighted by Gasteiger charge is -2.19. The number of rotatable bonds is 3. The van der Waals surface area contributed by atoms with Crippen molar-refractivity contribution in [2.45, 2.75) is 29.7 Å². The van der Waals surface area contributed by atoms with E-state index in [0.717, 1.165) is 36.0 Å². The monoisotopic (exact) mass is 375 g/mol. The second-order valence-electron chi connectivity index (χ2n) is 6.17. The number of hydrogen-bond donors (Lipinski definition) is 2. The van der Waals surface area contributed by atoms with Crippen LogP contribution >= 0.6 is 0 Å². The van der Waals surface area contributed by atoms with E-state index in [0.29, 0.717) is 6.54 Å². The van der Waals surface area contributed by atoms with E-state index in [4.69, 9.17) is 0 Å². The molecule has 3 aromatic rings. The number of benzene rings is 1. The number of hydrogen-bond acceptors (Lipinski definition) is 6. The molecule has 0 aliphatic carbocycles. The molecule has 2 aromatic heterocycles. The molecule has 0 atom stereocenters. The third kappa shape index (κ3) is 2.46. The molecule has 0 radical (unpaired) electrons. The molecule has 26 heavy (non-hydrogen) atoms. The fourth-order valence-corrected chi connectivity index (χ4v) is 4.87. The first-order valence-electron chi connectivity index (χ1n) is 8.23. The van der Waals surface area contributed by atoms with Gasteiger partial charge in [-0.15, -0.1) is 5.10 Å². The molecule has 1 aromatic carbocycles. The molecule has 136 valence electrons. The molecule has 0 saturated heterocycles. The van der Waals surface area contributed by atoms with Gasteiger partial charge in [-0.2, -0.15) is 0 Å². The van der Waals surface area contributed by atoms with Crippen LogP contribution in [0, 0.1) is 12.7 Å². The van der Waals surface area contributed by atoms with Crippen LogP contribution in [0.25, 0.3) is 5.65 Å². The highest BCUT2D eigenvalue weighted by Gasteiger charge is 2.31. The van der Waals surface area contributed by atoms with Crippen molar-refractivity contribution < 1.29 is 12.8 Å². The zero-order valence-corrected chi connectivity index (χ0v) is 15.2. The number of nitrogens with zero attached hydrogens (tertiary/aromatic N) is 3. The van der Waals surface area contributed by atoms with E-state index in [1.807, 2.05) is 6.92 Å². The molecule has 1 aliphatic heterocycles. The van der Waals surface area contributed by atoms with E-state index in [-0.39, 0.29) is 21.3 Å². The number of aryl methyl sites for hydroxylation is 1. The zero-order chi connectivity index (χ0) is 18.5. The summed E-state index contributed by atoms with van der Waals surface area (Å²) in [6.45, 7) is 3.30. The fourth-order valence-electron chi connectivity index (χ4n) is 3.33. The van der Waals surface area contributed by atoms with Gasteiger partial charge in [0.15, 0.2) is 16.4 Å². The van der Waals surface area contributed by atoms with Gasteiger partial charge >= 0.3 is 0 Å². The van der Waals surface area contributed by atoms with Crippen molar-refractivity contribution in [1.29, 1.82) is 0 Å². The van der Waals surface area contributed by atoms with Crippen LogP contribution < -0.4 is 10.6 Å². The number of nitrogens with one attached hydrogen (secondary N) is 2. The van der Waals surface area contributed by atoms with E-state index in [2.05, 4.69) is 20.7 Å². The minimum Gasteiger partial charge on any atom is -0.370 e. The van der Waals surface area contributed by atoms with Gasteiger partial charge in [0, 0.05) is 19.3 Å². The summed E-state index contributed by atoms with van der Waals surface area (Å²) in [4.78, 5) is 4.37. The molecule has 0 fully saturated rings. The van der Waals surface area contributed by atoms with Crippen molar-refractivity contribution in [3.63, 3.8) is 0 Å². The van der Waals surface area contributed by atoms with Crippen LogP contribution in [0.5, 0.6) is 0 Å². The second kappa shape index (κ2) is 6.03. The van der Waals surface area contributed by atoms with E-state index in [9.17, 15) is 12.8 Å². The summed E-state index contributed by atoms with van der Waals surface area (Å²) in [5.74, 6) is -0.417. The van der Waals surface area contributed by atoms with E-state index < -0.39 is 15.7 Å². The smallest absolute Gasteiger partial charge is 0.214 e. The van der Waals surface area contributed by atoms with Crippen LogP contribution in [-0.4, -0.2) is 36.6 Å². The second-order valence-corrected chi connectivity index (χ2v) is 8.06. The number of fused-ring (bicyclic) bond motifs is 3. The highest BCUT2D eigenvalue weighted by Crippen LogP contribution is 2.32. The van der Waals surface area contributed by atoms with Crippen LogP contribution in [0.15, 0.2) is 34.1 Å². The highest BCUT2D eigenvalue weighted by molar-refractivity contribution is 7.91. The molecular formula is C17H18FN5O2S. The van der Waals surface area contributed by atoms with Gasteiger partial charge in [0.05, 0.1) is 10.6 Å². The Hall–Kier alpha value is -2.52. The molecule has 0 bridgehead atoms. The molecule has 0 amide bonds. The van der Waals surface area contributed by atoms with Crippen molar-refractivity contribution in [3.05, 3.63) is 47.0 Å². The molecule has 2 N–H and O–H groups in total. The van der Waals surface area contributed by atoms with E-state index in [1.54, 1.807) is 11.6 Å². The normalized spacial score (nSPS) is 14.4. The predicted molar refractivity (Wildman–Crippen MR) is 94.5 cm³/mol. The lowest BCUT2D eigenvalue weighted by molar-refractivity contribution is 0.591. The summed E-state index contributed by atoms with van der Waals surface area (Å²) in [7, 11) is -2.40. The van der Waals surface area contributed by atoms with Gasteiger partial charge in [-0.05, 0) is 43.7 Å². The first-order valence-corrected chi connectivity index (χ1v) is 9.72. The Labute approximate surface area is 150 Å². The van der Waals surface area contributed by atoms with E-state index >= 15 is 0 Å². The van der Waals surface area contributed by atoms with Gasteiger partial charge in [0.25, 0.3) is 0 Å². The molecular weight excluding hydrogens is 357 g/mol. The quantitative estimate of drug-likeness (QED) is 0.724. The Morgan fingerprint density at radius 2 is 2.15 bits per heavy atom. The summed E-state index contributed by atoms with van der Waals surface area (Å²) in [5.41, 5.74) is 3.01. The van der Waals surface area contributed by atoms with Gasteiger partial charge in [-0.1, -0.05) is 6.07 Å². The Morgan fingerprint density at radius 3 is 2.88 bits per heavy atom. The molecule has 0 unspecified atom stereocenters. The van der Waals surface area contributed by atoms with Crippen molar-refractivity contribution in [3.8, 4) is 0 Å². The maximum atomic E-state index is 13.6. The minimum absolute atomic E-state index is 0.0397. The number of anilines is 1. The van der Waals surface area contributed by atoms with Gasteiger partial charge in [0.2, 0.25) is 9.84 Å². The predicted octanol–water partition coefficient (Wildman–Crippen LogP) is 1.70. The third-order valence-electron chi connectivity index (χ3n) is 4.59. The third-order valence-corrected chi connectivity index (χ3v) is 6.38. The average Bonchev–Trinajstić information content (AvgIpc) is 3.01. The number of halogens is 1. The minimum atomic E-state index is -4.00. The van der Waals surface area contributed by atoms with Gasteiger partial charge in [-0.3, -0.25) is 0 Å². The largest absolute Gasteiger partial charge is 0.370 e. The summed E-state index contributed by atoms with van der Waals surface area (Å²) >= 11 is 0. The summed E-state index contributed by atoms with van der Waals surface area (Å²) in [6.07, 6.45) is 0.810. The topological polar surface area (TPSA) is 88.4 Å². The van der Waals surface area contributed by atoms with Crippen LogP contribution in [0.1, 0.15) is 17.0 Å². The van der Waals surface area contributed by atoms with Gasteiger partial charge < -0.3 is 10.6 Å². The van der Waals surface area contributed by atoms with Crippen LogP contribution in [-0.2, 0) is 22.8 Å². The molecule has 4 rings (SSSR count). The summed E-state index contributed by atoms with van der Waals surface area (Å²) < 4.78 is 41.6. The van der Waals surface area contributed by atoms with Crippen molar-refractivity contribution >= 4 is 21.3 Å². The Kier molecular flexibility index (Phi) is 3.92. The number of aromatic nitrogens is 3. The van der Waals surface area contributed by atoms with Crippen LogP contribution in [0.2, 0.25) is 0 Å². The van der Waals surface area contributed by atoms with Gasteiger partial charge in [-0.25, -0.2) is 22.3 Å². The summed E-state index contributed by atoms with van der Waals surface area (Å²) in [5, 5.41) is 10.5. The average molecular weight is 375 g/mol. The Balaban J connectivity index is 2.05. The molecule has 3 heterocycles. The molecule has 9 heteroatoms. The molecule has 7 nitrogen and oxygen atoms in total. The fraction of sp³-hybridized carbons (Fsp3) is 0.294. The lowest BCUT2D eigenvalue weighted by atomic mass is 10.1. The SMILES string of the molecule is CNc1nn2c3c(c(C)nc2c1S(=O)(=O)c1cccc(F)c1)CCNC3. The first kappa shape index (κ1) is 16.9. The van der Waals surface area contributed by atoms with Crippen LogP contribution in [0.3, 0.4) is 0 Å². The van der Waals surface area contributed by atoms with Gasteiger partial charge in [0.1, 0.15) is 5.82 Å². The zero-order valence-electron chi connectivity index (χ0n) is 14.4. The molecule has 0 spiro atoms. The summed E-state index contributed by atoms with van der Waals surface area (Å²) in [6, 6.07) is 4.95. The standard InChI is InChI=1S/C17H18FN5O2S/c1-10-13-6-7-20-9-14(13)23-17(21-10)15(16(19-2)22-23)26(24,25)12-5-3-4-11(18)8-12/h3-5,8,20H,6-7,9H2,1-2H3,(H,19,22). The highest BCUT2D eigenvalue weighted by atomic mass is 32.2. The van der Waals surface area contributed by atoms with Crippen molar-refractivity contribution in [1.82, 2.24) is 19.9 Å². The Bertz CT molecular complexity index is 1120. The first-order chi connectivity index (χ1) is 12.4. The maximum absolute atomic E-state index is 13.6. The van der Waals surface area contributed by atoms with Crippen LogP contribution in [0.4, 0.5) is 10.2 Å². The molecule has 1 aliphatic rings. The lowest BCUT2D eigenvalue weighted by Crippen LogP contribution is -2.27. The van der Waals surface area contributed by atoms with Crippen molar-refractivity contribution in [2.24, 2.45) is 0 Å². The number of sulfone groups is 1. The molecule has 0 saturated carbocycles.